The topological polar surface area (TPSA) is 42.0 Å². The molecule has 1 amide bonds. The number of rotatable bonds is 3. The van der Waals surface area contributed by atoms with E-state index in [-0.39, 0.29) is 5.91 Å². The predicted octanol–water partition coefficient (Wildman–Crippen LogP) is 3.20. The fraction of sp³-hybridized carbons (Fsp3) is 0.286. The number of fused-ring (bicyclic) bond motifs is 1. The van der Waals surface area contributed by atoms with Crippen LogP contribution in [0, 0.1) is 0 Å². The van der Waals surface area contributed by atoms with Crippen LogP contribution in [0.2, 0.25) is 5.02 Å². The van der Waals surface area contributed by atoms with Gasteiger partial charge in [-0.1, -0.05) is 36.7 Å². The highest BCUT2D eigenvalue weighted by Crippen LogP contribution is 2.27. The molecule has 2 aromatic rings. The van der Waals surface area contributed by atoms with Crippen LogP contribution in [0.4, 0.5) is 0 Å². The first-order valence-corrected chi connectivity index (χ1v) is 6.41. The van der Waals surface area contributed by atoms with Crippen LogP contribution in [0.25, 0.3) is 10.9 Å². The zero-order chi connectivity index (χ0) is 13.1. The minimum Gasteiger partial charge on any atom is -0.352 e. The molecule has 3 nitrogen and oxygen atoms in total. The average Bonchev–Trinajstić information content (AvgIpc) is 2.39. The summed E-state index contributed by atoms with van der Waals surface area (Å²) in [5.74, 6) is -0.182. The van der Waals surface area contributed by atoms with Crippen molar-refractivity contribution < 1.29 is 4.79 Å². The summed E-state index contributed by atoms with van der Waals surface area (Å²) in [6, 6.07) is 5.86. The van der Waals surface area contributed by atoms with Gasteiger partial charge in [0, 0.05) is 18.1 Å². The molecule has 4 heteroatoms. The lowest BCUT2D eigenvalue weighted by Gasteiger charge is -2.09. The number of amides is 1. The van der Waals surface area contributed by atoms with Crippen LogP contribution in [0.3, 0.4) is 0 Å². The monoisotopic (exact) mass is 262 g/mol. The normalized spacial score (nSPS) is 10.6. The van der Waals surface area contributed by atoms with Crippen LogP contribution < -0.4 is 5.32 Å². The van der Waals surface area contributed by atoms with Crippen molar-refractivity contribution in [3.8, 4) is 0 Å². The molecule has 0 aliphatic heterocycles. The first-order valence-electron chi connectivity index (χ1n) is 6.03. The molecule has 0 radical (unpaired) electrons. The van der Waals surface area contributed by atoms with Gasteiger partial charge in [0.15, 0.2) is 0 Å². The lowest BCUT2D eigenvalue weighted by Crippen LogP contribution is -2.23. The standard InChI is InChI=1S/C14H15ClN2O/c1-3-9-6-5-7-10-12(15)11(8-17-13(9)10)14(18)16-4-2/h5-8H,3-4H2,1-2H3,(H,16,18). The molecule has 0 aliphatic carbocycles. The Kier molecular flexibility index (Phi) is 3.82. The summed E-state index contributed by atoms with van der Waals surface area (Å²) in [5, 5.41) is 4.04. The molecule has 0 atom stereocenters. The summed E-state index contributed by atoms with van der Waals surface area (Å²) < 4.78 is 0. The molecule has 18 heavy (non-hydrogen) atoms. The summed E-state index contributed by atoms with van der Waals surface area (Å²) in [5.41, 5.74) is 2.44. The lowest BCUT2D eigenvalue weighted by atomic mass is 10.1. The van der Waals surface area contributed by atoms with Crippen LogP contribution >= 0.6 is 11.6 Å². The third-order valence-electron chi connectivity index (χ3n) is 2.88. The van der Waals surface area contributed by atoms with E-state index in [0.29, 0.717) is 17.1 Å². The highest BCUT2D eigenvalue weighted by molar-refractivity contribution is 6.38. The van der Waals surface area contributed by atoms with Crippen LogP contribution in [0.15, 0.2) is 24.4 Å². The summed E-state index contributed by atoms with van der Waals surface area (Å²) in [6.07, 6.45) is 2.44. The number of halogens is 1. The van der Waals surface area contributed by atoms with E-state index >= 15 is 0 Å². The number of aryl methyl sites for hydroxylation is 1. The van der Waals surface area contributed by atoms with E-state index in [1.54, 1.807) is 6.20 Å². The number of nitrogens with zero attached hydrogens (tertiary/aromatic N) is 1. The Hall–Kier alpha value is -1.61. The third-order valence-corrected chi connectivity index (χ3v) is 3.29. The molecule has 1 aromatic carbocycles. The Morgan fingerprint density at radius 1 is 1.39 bits per heavy atom. The Morgan fingerprint density at radius 2 is 2.17 bits per heavy atom. The number of benzene rings is 1. The van der Waals surface area contributed by atoms with Crippen molar-refractivity contribution in [1.82, 2.24) is 10.3 Å². The van der Waals surface area contributed by atoms with Crippen LogP contribution in [0.1, 0.15) is 29.8 Å². The van der Waals surface area contributed by atoms with E-state index in [1.165, 1.54) is 0 Å². The van der Waals surface area contributed by atoms with Crippen molar-refractivity contribution in [1.29, 1.82) is 0 Å². The predicted molar refractivity (Wildman–Crippen MR) is 74.1 cm³/mol. The molecule has 1 N–H and O–H groups in total. The number of nitrogens with one attached hydrogen (secondary N) is 1. The van der Waals surface area contributed by atoms with Gasteiger partial charge in [-0.3, -0.25) is 9.78 Å². The van der Waals surface area contributed by atoms with Crippen molar-refractivity contribution in [3.05, 3.63) is 40.5 Å². The third kappa shape index (κ3) is 2.18. The van der Waals surface area contributed by atoms with Gasteiger partial charge >= 0.3 is 0 Å². The van der Waals surface area contributed by atoms with Gasteiger partial charge in [-0.25, -0.2) is 0 Å². The molecule has 0 aliphatic rings. The molecule has 0 bridgehead atoms. The fourth-order valence-corrected chi connectivity index (χ4v) is 2.24. The Morgan fingerprint density at radius 3 is 2.83 bits per heavy atom. The van der Waals surface area contributed by atoms with Crippen LogP contribution in [-0.4, -0.2) is 17.4 Å². The highest BCUT2D eigenvalue weighted by Gasteiger charge is 2.14. The van der Waals surface area contributed by atoms with Crippen LogP contribution in [-0.2, 0) is 6.42 Å². The van der Waals surface area contributed by atoms with Crippen molar-refractivity contribution >= 4 is 28.4 Å². The SMILES string of the molecule is CCNC(=O)c1cnc2c(CC)cccc2c1Cl. The second kappa shape index (κ2) is 5.36. The molecular weight excluding hydrogens is 248 g/mol. The summed E-state index contributed by atoms with van der Waals surface area (Å²) in [4.78, 5) is 16.2. The minimum absolute atomic E-state index is 0.182. The van der Waals surface area contributed by atoms with Crippen molar-refractivity contribution in [2.24, 2.45) is 0 Å². The number of hydrogen-bond acceptors (Lipinski definition) is 2. The second-order valence-electron chi connectivity index (χ2n) is 4.01. The first kappa shape index (κ1) is 12.8. The number of carbonyl (C=O) groups excluding carboxylic acids is 1. The van der Waals surface area contributed by atoms with E-state index in [9.17, 15) is 4.79 Å². The number of aromatic nitrogens is 1. The van der Waals surface area contributed by atoms with E-state index in [1.807, 2.05) is 25.1 Å². The largest absolute Gasteiger partial charge is 0.352 e. The molecule has 0 spiro atoms. The zero-order valence-electron chi connectivity index (χ0n) is 10.5. The van der Waals surface area contributed by atoms with E-state index in [4.69, 9.17) is 11.6 Å². The molecule has 2 rings (SSSR count). The average molecular weight is 263 g/mol. The van der Waals surface area contributed by atoms with Gasteiger partial charge in [0.1, 0.15) is 0 Å². The molecule has 1 heterocycles. The number of pyridine rings is 1. The second-order valence-corrected chi connectivity index (χ2v) is 4.39. The van der Waals surface area contributed by atoms with Crippen molar-refractivity contribution in [2.75, 3.05) is 6.54 Å². The number of para-hydroxylation sites is 1. The Bertz CT molecular complexity index is 596. The quantitative estimate of drug-likeness (QED) is 0.923. The number of hydrogen-bond donors (Lipinski definition) is 1. The molecule has 0 saturated carbocycles. The molecule has 0 saturated heterocycles. The lowest BCUT2D eigenvalue weighted by molar-refractivity contribution is 0.0956. The Labute approximate surface area is 111 Å². The fourth-order valence-electron chi connectivity index (χ4n) is 1.95. The van der Waals surface area contributed by atoms with Crippen LogP contribution in [0.5, 0.6) is 0 Å². The van der Waals surface area contributed by atoms with E-state index in [2.05, 4.69) is 17.2 Å². The molecular formula is C14H15ClN2O. The van der Waals surface area contributed by atoms with Gasteiger partial charge in [0.2, 0.25) is 0 Å². The Balaban J connectivity index is 2.61. The maximum atomic E-state index is 11.8. The highest BCUT2D eigenvalue weighted by atomic mass is 35.5. The number of carbonyl (C=O) groups is 1. The maximum absolute atomic E-state index is 11.8. The van der Waals surface area contributed by atoms with Crippen molar-refractivity contribution in [3.63, 3.8) is 0 Å². The van der Waals surface area contributed by atoms with Crippen molar-refractivity contribution in [2.45, 2.75) is 20.3 Å². The van der Waals surface area contributed by atoms with E-state index in [0.717, 1.165) is 22.9 Å². The van der Waals surface area contributed by atoms with Gasteiger partial charge in [-0.15, -0.1) is 0 Å². The van der Waals surface area contributed by atoms with E-state index < -0.39 is 0 Å². The minimum atomic E-state index is -0.182. The molecule has 0 unspecified atom stereocenters. The van der Waals surface area contributed by atoms with Gasteiger partial charge in [0.25, 0.3) is 5.91 Å². The van der Waals surface area contributed by atoms with Gasteiger partial charge in [-0.05, 0) is 18.9 Å². The van der Waals surface area contributed by atoms with Gasteiger partial charge in [-0.2, -0.15) is 0 Å². The molecule has 1 aromatic heterocycles. The maximum Gasteiger partial charge on any atom is 0.254 e. The summed E-state index contributed by atoms with van der Waals surface area (Å²) in [6.45, 7) is 4.51. The first-order chi connectivity index (χ1) is 8.69. The molecule has 94 valence electrons. The summed E-state index contributed by atoms with van der Waals surface area (Å²) in [7, 11) is 0. The van der Waals surface area contributed by atoms with Gasteiger partial charge < -0.3 is 5.32 Å². The summed E-state index contributed by atoms with van der Waals surface area (Å²) >= 11 is 6.30. The zero-order valence-corrected chi connectivity index (χ0v) is 11.2. The smallest absolute Gasteiger partial charge is 0.254 e. The van der Waals surface area contributed by atoms with Gasteiger partial charge in [0.05, 0.1) is 16.1 Å². The molecule has 0 fully saturated rings.